The first kappa shape index (κ1) is 26.1. The van der Waals surface area contributed by atoms with Crippen LogP contribution in [0.1, 0.15) is 55.4 Å². The lowest BCUT2D eigenvalue weighted by atomic mass is 9.95. The van der Waals surface area contributed by atoms with Gasteiger partial charge >= 0.3 is 6.03 Å². The monoisotopic (exact) mass is 550 g/mol. The fourth-order valence-corrected chi connectivity index (χ4v) is 5.86. The Kier molecular flexibility index (Phi) is 7.86. The van der Waals surface area contributed by atoms with Gasteiger partial charge in [-0.05, 0) is 47.6 Å². The van der Waals surface area contributed by atoms with Crippen LogP contribution in [-0.4, -0.2) is 42.4 Å². The maximum atomic E-state index is 13.1. The summed E-state index contributed by atoms with van der Waals surface area (Å²) in [4.78, 5) is 40.2. The highest BCUT2D eigenvalue weighted by Gasteiger charge is 2.30. The fourth-order valence-electron chi connectivity index (χ4n) is 5.13. The maximum absolute atomic E-state index is 13.1. The van der Waals surface area contributed by atoms with Crippen molar-refractivity contribution in [1.82, 2.24) is 20.9 Å². The summed E-state index contributed by atoms with van der Waals surface area (Å²) in [5.74, 6) is -0.611. The van der Waals surface area contributed by atoms with E-state index in [0.29, 0.717) is 30.6 Å². The maximum Gasteiger partial charge on any atom is 0.315 e. The summed E-state index contributed by atoms with van der Waals surface area (Å²) in [5.41, 5.74) is 4.63. The molecule has 0 fully saturated rings. The number of amides is 4. The quantitative estimate of drug-likeness (QED) is 0.365. The van der Waals surface area contributed by atoms with E-state index < -0.39 is 5.91 Å². The number of hydrogen-bond acceptors (Lipinski definition) is 3. The van der Waals surface area contributed by atoms with E-state index in [1.807, 2.05) is 48.5 Å². The number of urea groups is 1. The van der Waals surface area contributed by atoms with E-state index in [2.05, 4.69) is 22.0 Å². The molecule has 9 heteroatoms. The van der Waals surface area contributed by atoms with Crippen molar-refractivity contribution in [2.45, 2.75) is 31.8 Å². The first-order valence-corrected chi connectivity index (χ1v) is 13.4. The summed E-state index contributed by atoms with van der Waals surface area (Å²) in [6.45, 7) is 1.41. The normalized spacial score (nSPS) is 16.0. The molecule has 0 radical (unpaired) electrons. The SMILES string of the molecule is O=C(NCCNC(=O)c1c(Cl)cc2c(c1Cl)CCN(Cc1ccccc1)C2=O)N[C@@H]1CCc2ccccc21. The molecule has 0 saturated heterocycles. The number of rotatable bonds is 7. The number of fused-ring (bicyclic) bond motifs is 2. The Morgan fingerprint density at radius 3 is 2.50 bits per heavy atom. The van der Waals surface area contributed by atoms with E-state index in [-0.39, 0.29) is 46.7 Å². The zero-order valence-corrected chi connectivity index (χ0v) is 22.2. The highest BCUT2D eigenvalue weighted by atomic mass is 35.5. The molecule has 0 unspecified atom stereocenters. The minimum Gasteiger partial charge on any atom is -0.350 e. The Balaban J connectivity index is 1.16. The average molecular weight is 551 g/mol. The highest BCUT2D eigenvalue weighted by Crippen LogP contribution is 2.35. The molecular formula is C29H28Cl2N4O3. The standard InChI is InChI=1S/C29H28Cl2N4O3/c30-23-16-22-21(12-15-35(28(22)37)17-18-6-2-1-3-7-18)26(31)25(23)27(36)32-13-14-33-29(38)34-24-11-10-19-8-4-5-9-20(19)24/h1-9,16,24H,10-15,17H2,(H,32,36)(H2,33,34,38)/t24-/m1/s1. The van der Waals surface area contributed by atoms with Gasteiger partial charge in [-0.2, -0.15) is 0 Å². The molecule has 1 atom stereocenters. The molecule has 0 spiro atoms. The minimum atomic E-state index is -0.450. The molecule has 5 rings (SSSR count). The van der Waals surface area contributed by atoms with Gasteiger partial charge < -0.3 is 20.9 Å². The van der Waals surface area contributed by atoms with Crippen LogP contribution < -0.4 is 16.0 Å². The topological polar surface area (TPSA) is 90.5 Å². The van der Waals surface area contributed by atoms with Crippen molar-refractivity contribution >= 4 is 41.0 Å². The van der Waals surface area contributed by atoms with Gasteiger partial charge in [-0.25, -0.2) is 4.79 Å². The third kappa shape index (κ3) is 5.49. The number of nitrogens with zero attached hydrogens (tertiary/aromatic N) is 1. The Morgan fingerprint density at radius 1 is 0.947 bits per heavy atom. The second-order valence-electron chi connectivity index (χ2n) is 9.48. The van der Waals surface area contributed by atoms with Crippen LogP contribution in [0, 0.1) is 0 Å². The molecule has 0 bridgehead atoms. The van der Waals surface area contributed by atoms with Crippen molar-refractivity contribution in [1.29, 1.82) is 0 Å². The van der Waals surface area contributed by atoms with Crippen LogP contribution in [0.4, 0.5) is 4.79 Å². The molecule has 3 aromatic rings. The Hall–Kier alpha value is -3.55. The average Bonchev–Trinajstić information content (AvgIpc) is 3.32. The molecule has 1 aliphatic heterocycles. The Bertz CT molecular complexity index is 1380. The number of hydrogen-bond donors (Lipinski definition) is 3. The van der Waals surface area contributed by atoms with Crippen molar-refractivity contribution in [3.63, 3.8) is 0 Å². The molecule has 1 heterocycles. The van der Waals surface area contributed by atoms with E-state index in [9.17, 15) is 14.4 Å². The third-order valence-corrected chi connectivity index (χ3v) is 7.76. The second kappa shape index (κ2) is 11.5. The van der Waals surface area contributed by atoms with Gasteiger partial charge in [-0.3, -0.25) is 9.59 Å². The Labute approximate surface area is 231 Å². The predicted molar refractivity (Wildman–Crippen MR) is 148 cm³/mol. The van der Waals surface area contributed by atoms with Gasteiger partial charge in [0.2, 0.25) is 0 Å². The summed E-state index contributed by atoms with van der Waals surface area (Å²) in [5, 5.41) is 8.84. The third-order valence-electron chi connectivity index (χ3n) is 7.05. The zero-order chi connectivity index (χ0) is 26.6. The molecule has 3 N–H and O–H groups in total. The zero-order valence-electron chi connectivity index (χ0n) is 20.7. The van der Waals surface area contributed by atoms with Crippen molar-refractivity contribution in [3.8, 4) is 0 Å². The van der Waals surface area contributed by atoms with Crippen molar-refractivity contribution in [3.05, 3.63) is 104 Å². The number of nitrogens with one attached hydrogen (secondary N) is 3. The van der Waals surface area contributed by atoms with E-state index in [1.165, 1.54) is 11.6 Å². The molecule has 0 saturated carbocycles. The fraction of sp³-hybridized carbons (Fsp3) is 0.276. The van der Waals surface area contributed by atoms with Crippen LogP contribution in [0.2, 0.25) is 10.0 Å². The van der Waals surface area contributed by atoms with E-state index in [0.717, 1.165) is 24.0 Å². The van der Waals surface area contributed by atoms with Gasteiger partial charge in [-0.1, -0.05) is 77.8 Å². The van der Waals surface area contributed by atoms with Crippen LogP contribution in [0.5, 0.6) is 0 Å². The summed E-state index contributed by atoms with van der Waals surface area (Å²) in [6.07, 6.45) is 2.33. The van der Waals surface area contributed by atoms with Crippen LogP contribution in [0.15, 0.2) is 60.7 Å². The first-order valence-electron chi connectivity index (χ1n) is 12.7. The van der Waals surface area contributed by atoms with Crippen LogP contribution >= 0.6 is 23.2 Å². The summed E-state index contributed by atoms with van der Waals surface area (Å²) in [6, 6.07) is 19.1. The van der Waals surface area contributed by atoms with E-state index in [1.54, 1.807) is 4.90 Å². The molecule has 7 nitrogen and oxygen atoms in total. The van der Waals surface area contributed by atoms with Crippen LogP contribution in [0.3, 0.4) is 0 Å². The molecule has 3 aromatic carbocycles. The van der Waals surface area contributed by atoms with Gasteiger partial charge in [-0.15, -0.1) is 0 Å². The summed E-state index contributed by atoms with van der Waals surface area (Å²) in [7, 11) is 0. The molecule has 38 heavy (non-hydrogen) atoms. The largest absolute Gasteiger partial charge is 0.350 e. The number of carbonyl (C=O) groups excluding carboxylic acids is 3. The highest BCUT2D eigenvalue weighted by molar-refractivity contribution is 6.41. The van der Waals surface area contributed by atoms with Gasteiger partial charge in [0.15, 0.2) is 0 Å². The summed E-state index contributed by atoms with van der Waals surface area (Å²) >= 11 is 13.0. The molecule has 196 valence electrons. The number of carbonyl (C=O) groups is 3. The van der Waals surface area contributed by atoms with Gasteiger partial charge in [0.1, 0.15) is 0 Å². The second-order valence-corrected chi connectivity index (χ2v) is 10.3. The van der Waals surface area contributed by atoms with Crippen molar-refractivity contribution < 1.29 is 14.4 Å². The number of halogens is 2. The molecular weight excluding hydrogens is 523 g/mol. The number of aryl methyl sites for hydroxylation is 1. The smallest absolute Gasteiger partial charge is 0.315 e. The summed E-state index contributed by atoms with van der Waals surface area (Å²) < 4.78 is 0. The predicted octanol–water partition coefficient (Wildman–Crippen LogP) is 4.91. The van der Waals surface area contributed by atoms with Crippen LogP contribution in [-0.2, 0) is 19.4 Å². The minimum absolute atomic E-state index is 0.0137. The van der Waals surface area contributed by atoms with E-state index >= 15 is 0 Å². The lowest BCUT2D eigenvalue weighted by Crippen LogP contribution is -2.41. The number of benzene rings is 3. The lowest BCUT2D eigenvalue weighted by molar-refractivity contribution is 0.0726. The van der Waals surface area contributed by atoms with Gasteiger partial charge in [0.25, 0.3) is 11.8 Å². The van der Waals surface area contributed by atoms with Crippen molar-refractivity contribution in [2.24, 2.45) is 0 Å². The first-order chi connectivity index (χ1) is 18.4. The van der Waals surface area contributed by atoms with Crippen molar-refractivity contribution in [2.75, 3.05) is 19.6 Å². The molecule has 2 aliphatic rings. The Morgan fingerprint density at radius 2 is 1.68 bits per heavy atom. The lowest BCUT2D eigenvalue weighted by Gasteiger charge is -2.30. The van der Waals surface area contributed by atoms with Crippen LogP contribution in [0.25, 0.3) is 0 Å². The molecule has 1 aliphatic carbocycles. The molecule has 4 amide bonds. The molecule has 0 aromatic heterocycles. The van der Waals surface area contributed by atoms with E-state index in [4.69, 9.17) is 23.2 Å². The van der Waals surface area contributed by atoms with Gasteiger partial charge in [0.05, 0.1) is 21.7 Å². The van der Waals surface area contributed by atoms with Gasteiger partial charge in [0, 0.05) is 31.7 Å².